The summed E-state index contributed by atoms with van der Waals surface area (Å²) in [5.41, 5.74) is 0.998. The standard InChI is InChI=1S/C27H32F2N8O3/c1-33(18-16-36(17-18)24(39)8-10-34-9-4-7-23(34)38)21-15-22(32-27(31-21)35-11-13-40-14-12-35)37-20-6-3-2-5-19(20)30-26(37)25(28)29/h2-3,5-6,15,18,25H,4,7-14,16-17H2,1H3. The summed E-state index contributed by atoms with van der Waals surface area (Å²) < 4.78 is 35.2. The molecule has 5 heterocycles. The Morgan fingerprint density at radius 2 is 1.90 bits per heavy atom. The number of alkyl halides is 2. The van der Waals surface area contributed by atoms with Gasteiger partial charge in [0.25, 0.3) is 6.43 Å². The summed E-state index contributed by atoms with van der Waals surface area (Å²) in [7, 11) is 1.89. The highest BCUT2D eigenvalue weighted by Gasteiger charge is 2.35. The molecular weight excluding hydrogens is 522 g/mol. The van der Waals surface area contributed by atoms with Gasteiger partial charge in [-0.2, -0.15) is 9.97 Å². The van der Waals surface area contributed by atoms with Crippen molar-refractivity contribution in [3.05, 3.63) is 36.2 Å². The average molecular weight is 555 g/mol. The SMILES string of the molecule is CN(c1cc(-n2c(C(F)F)nc3ccccc32)nc(N2CCOCC2)n1)C1CN(C(=O)CCN2CCCC2=O)C1. The molecule has 1 aromatic carbocycles. The van der Waals surface area contributed by atoms with E-state index in [1.807, 2.05) is 16.8 Å². The van der Waals surface area contributed by atoms with Crippen LogP contribution in [-0.4, -0.2) is 107 Å². The van der Waals surface area contributed by atoms with Crippen molar-refractivity contribution in [2.45, 2.75) is 31.7 Å². The van der Waals surface area contributed by atoms with Crippen LogP contribution in [0.4, 0.5) is 20.5 Å². The van der Waals surface area contributed by atoms with Crippen molar-refractivity contribution < 1.29 is 23.1 Å². The molecule has 3 aliphatic rings. The molecular formula is C27H32F2N8O3. The van der Waals surface area contributed by atoms with Crippen LogP contribution in [0.2, 0.25) is 0 Å². The van der Waals surface area contributed by atoms with Gasteiger partial charge < -0.3 is 24.3 Å². The van der Waals surface area contributed by atoms with Crippen LogP contribution in [0.25, 0.3) is 16.9 Å². The van der Waals surface area contributed by atoms with Crippen LogP contribution in [0, 0.1) is 0 Å². The Balaban J connectivity index is 1.25. The molecule has 3 fully saturated rings. The molecule has 0 radical (unpaired) electrons. The minimum atomic E-state index is -2.79. The molecule has 0 bridgehead atoms. The number of likely N-dealkylation sites (tertiary alicyclic amines) is 2. The third-order valence-corrected chi connectivity index (χ3v) is 7.88. The zero-order valence-corrected chi connectivity index (χ0v) is 22.4. The first-order chi connectivity index (χ1) is 19.4. The van der Waals surface area contributed by atoms with E-state index in [-0.39, 0.29) is 23.7 Å². The Hall–Kier alpha value is -3.87. The lowest BCUT2D eigenvalue weighted by Crippen LogP contribution is -2.60. The number of likely N-dealkylation sites (N-methyl/N-ethyl adjacent to an activating group) is 1. The van der Waals surface area contributed by atoms with Gasteiger partial charge in [-0.3, -0.25) is 14.2 Å². The fourth-order valence-electron chi connectivity index (χ4n) is 5.46. The van der Waals surface area contributed by atoms with Crippen molar-refractivity contribution in [2.75, 3.05) is 69.3 Å². The summed E-state index contributed by atoms with van der Waals surface area (Å²) in [5, 5.41) is 0. The van der Waals surface area contributed by atoms with E-state index in [0.29, 0.717) is 87.4 Å². The second-order valence-electron chi connectivity index (χ2n) is 10.4. The van der Waals surface area contributed by atoms with E-state index in [2.05, 4.69) is 4.98 Å². The van der Waals surface area contributed by atoms with Crippen LogP contribution in [0.1, 0.15) is 31.5 Å². The number of imidazole rings is 1. The van der Waals surface area contributed by atoms with Crippen molar-refractivity contribution in [3.63, 3.8) is 0 Å². The normalized spacial score (nSPS) is 18.2. The summed E-state index contributed by atoms with van der Waals surface area (Å²) in [6, 6.07) is 8.71. The molecule has 0 atom stereocenters. The molecule has 40 heavy (non-hydrogen) atoms. The zero-order chi connectivity index (χ0) is 27.8. The topological polar surface area (TPSA) is 99.9 Å². The Morgan fingerprint density at radius 1 is 1.12 bits per heavy atom. The Bertz CT molecular complexity index is 1400. The maximum Gasteiger partial charge on any atom is 0.296 e. The number of fused-ring (bicyclic) bond motifs is 1. The average Bonchev–Trinajstić information content (AvgIpc) is 3.54. The molecule has 0 unspecified atom stereocenters. The number of aromatic nitrogens is 4. The highest BCUT2D eigenvalue weighted by atomic mass is 19.3. The predicted octanol–water partition coefficient (Wildman–Crippen LogP) is 2.25. The third kappa shape index (κ3) is 5.05. The van der Waals surface area contributed by atoms with Crippen molar-refractivity contribution in [2.24, 2.45) is 0 Å². The number of carbonyl (C=O) groups is 2. The van der Waals surface area contributed by atoms with E-state index in [1.54, 1.807) is 40.1 Å². The fourth-order valence-corrected chi connectivity index (χ4v) is 5.46. The molecule has 2 aromatic heterocycles. The number of morpholine rings is 1. The van der Waals surface area contributed by atoms with E-state index in [1.165, 1.54) is 4.57 Å². The second-order valence-corrected chi connectivity index (χ2v) is 10.4. The Labute approximate surface area is 230 Å². The number of para-hydroxylation sites is 2. The number of hydrogen-bond donors (Lipinski definition) is 0. The lowest BCUT2D eigenvalue weighted by molar-refractivity contribution is -0.136. The number of ether oxygens (including phenoxy) is 1. The highest BCUT2D eigenvalue weighted by molar-refractivity contribution is 5.81. The summed E-state index contributed by atoms with van der Waals surface area (Å²) in [5.74, 6) is 1.08. The van der Waals surface area contributed by atoms with Crippen molar-refractivity contribution in [1.82, 2.24) is 29.3 Å². The number of benzene rings is 1. The zero-order valence-electron chi connectivity index (χ0n) is 22.4. The van der Waals surface area contributed by atoms with Gasteiger partial charge in [-0.1, -0.05) is 12.1 Å². The van der Waals surface area contributed by atoms with Crippen molar-refractivity contribution in [1.29, 1.82) is 0 Å². The number of halogens is 2. The lowest BCUT2D eigenvalue weighted by Gasteiger charge is -2.44. The van der Waals surface area contributed by atoms with Crippen LogP contribution in [-0.2, 0) is 14.3 Å². The second kappa shape index (κ2) is 11.0. The van der Waals surface area contributed by atoms with Crippen LogP contribution in [0.15, 0.2) is 30.3 Å². The van der Waals surface area contributed by atoms with Gasteiger partial charge in [0.2, 0.25) is 17.8 Å². The third-order valence-electron chi connectivity index (χ3n) is 7.88. The molecule has 6 rings (SSSR count). The molecule has 0 N–H and O–H groups in total. The molecule has 13 heteroatoms. The minimum Gasteiger partial charge on any atom is -0.378 e. The number of anilines is 2. The summed E-state index contributed by atoms with van der Waals surface area (Å²) in [4.78, 5) is 45.8. The summed E-state index contributed by atoms with van der Waals surface area (Å²) in [6.07, 6.45) is -1.07. The number of nitrogens with zero attached hydrogens (tertiary/aromatic N) is 8. The van der Waals surface area contributed by atoms with E-state index in [9.17, 15) is 18.4 Å². The first kappa shape index (κ1) is 26.4. The van der Waals surface area contributed by atoms with Gasteiger partial charge in [0, 0.05) is 65.2 Å². The molecule has 0 aliphatic carbocycles. The predicted molar refractivity (Wildman–Crippen MR) is 144 cm³/mol. The van der Waals surface area contributed by atoms with Crippen LogP contribution in [0.5, 0.6) is 0 Å². The fraction of sp³-hybridized carbons (Fsp3) is 0.519. The molecule has 3 aromatic rings. The molecule has 3 aliphatic heterocycles. The van der Waals surface area contributed by atoms with Crippen LogP contribution >= 0.6 is 0 Å². The van der Waals surface area contributed by atoms with Crippen LogP contribution in [0.3, 0.4) is 0 Å². The quantitative estimate of drug-likeness (QED) is 0.418. The van der Waals surface area contributed by atoms with Crippen molar-refractivity contribution in [3.8, 4) is 5.82 Å². The van der Waals surface area contributed by atoms with E-state index < -0.39 is 6.43 Å². The number of amides is 2. The van der Waals surface area contributed by atoms with E-state index in [0.717, 1.165) is 13.0 Å². The van der Waals surface area contributed by atoms with E-state index >= 15 is 0 Å². The largest absolute Gasteiger partial charge is 0.378 e. The molecule has 2 amide bonds. The molecule has 11 nitrogen and oxygen atoms in total. The van der Waals surface area contributed by atoms with Crippen LogP contribution < -0.4 is 9.80 Å². The maximum absolute atomic E-state index is 14.1. The number of rotatable bonds is 8. The first-order valence-corrected chi connectivity index (χ1v) is 13.6. The monoisotopic (exact) mass is 554 g/mol. The maximum atomic E-state index is 14.1. The van der Waals surface area contributed by atoms with Crippen molar-refractivity contribution >= 4 is 34.6 Å². The molecule has 3 saturated heterocycles. The Morgan fingerprint density at radius 3 is 2.62 bits per heavy atom. The van der Waals surface area contributed by atoms with Gasteiger partial charge in [0.15, 0.2) is 5.82 Å². The van der Waals surface area contributed by atoms with Gasteiger partial charge in [-0.25, -0.2) is 13.8 Å². The van der Waals surface area contributed by atoms with Gasteiger partial charge in [-0.15, -0.1) is 0 Å². The summed E-state index contributed by atoms with van der Waals surface area (Å²) >= 11 is 0. The highest BCUT2D eigenvalue weighted by Crippen LogP contribution is 2.31. The van der Waals surface area contributed by atoms with Gasteiger partial charge in [0.05, 0.1) is 30.3 Å². The smallest absolute Gasteiger partial charge is 0.296 e. The summed E-state index contributed by atoms with van der Waals surface area (Å²) in [6.45, 7) is 4.44. The molecule has 0 spiro atoms. The van der Waals surface area contributed by atoms with Gasteiger partial charge >= 0.3 is 0 Å². The first-order valence-electron chi connectivity index (χ1n) is 13.6. The number of carbonyl (C=O) groups excluding carboxylic acids is 2. The van der Waals surface area contributed by atoms with Gasteiger partial charge in [0.1, 0.15) is 11.6 Å². The molecule has 0 saturated carbocycles. The van der Waals surface area contributed by atoms with E-state index in [4.69, 9.17) is 14.7 Å². The number of hydrogen-bond acceptors (Lipinski definition) is 8. The Kier molecular flexibility index (Phi) is 7.22. The molecule has 212 valence electrons. The lowest BCUT2D eigenvalue weighted by atomic mass is 10.1. The minimum absolute atomic E-state index is 0.00626. The van der Waals surface area contributed by atoms with Gasteiger partial charge in [-0.05, 0) is 18.6 Å².